The average Bonchev–Trinajstić information content (AvgIpc) is 3.12. The Morgan fingerprint density at radius 3 is 2.39 bits per heavy atom. The Kier molecular flexibility index (Phi) is 4.84. The summed E-state index contributed by atoms with van der Waals surface area (Å²) in [4.78, 5) is 9.15. The summed E-state index contributed by atoms with van der Waals surface area (Å²) in [6.07, 6.45) is 4.07. The van der Waals surface area contributed by atoms with Crippen LogP contribution in [-0.2, 0) is 10.3 Å². The third-order valence-electron chi connectivity index (χ3n) is 5.32. The van der Waals surface area contributed by atoms with E-state index in [0.29, 0.717) is 12.3 Å². The minimum atomic E-state index is -0.602. The van der Waals surface area contributed by atoms with Crippen molar-refractivity contribution in [3.05, 3.63) is 84.2 Å². The van der Waals surface area contributed by atoms with Gasteiger partial charge in [0.1, 0.15) is 23.2 Å². The molecule has 2 N–H and O–H groups in total. The van der Waals surface area contributed by atoms with Gasteiger partial charge in [-0.15, -0.1) is 0 Å². The number of pyridine rings is 1. The van der Waals surface area contributed by atoms with E-state index in [1.165, 1.54) is 0 Å². The van der Waals surface area contributed by atoms with Crippen LogP contribution in [0, 0.1) is 0 Å². The smallest absolute Gasteiger partial charge is 0.125 e. The fourth-order valence-electron chi connectivity index (χ4n) is 3.80. The number of hydrogen-bond donors (Lipinski definition) is 1. The van der Waals surface area contributed by atoms with Crippen LogP contribution in [0.4, 0.5) is 0 Å². The molecule has 0 fully saturated rings. The van der Waals surface area contributed by atoms with E-state index in [1.807, 2.05) is 36.5 Å². The second-order valence-electron chi connectivity index (χ2n) is 6.88. The van der Waals surface area contributed by atoms with E-state index < -0.39 is 5.54 Å². The van der Waals surface area contributed by atoms with Crippen LogP contribution in [0.2, 0.25) is 0 Å². The van der Waals surface area contributed by atoms with Crippen molar-refractivity contribution in [2.24, 2.45) is 10.7 Å². The summed E-state index contributed by atoms with van der Waals surface area (Å²) in [5.41, 5.74) is 9.91. The molecule has 5 heteroatoms. The number of ether oxygens (including phenoxy) is 2. The van der Waals surface area contributed by atoms with Gasteiger partial charge in [-0.1, -0.05) is 36.4 Å². The summed E-state index contributed by atoms with van der Waals surface area (Å²) in [7, 11) is 3.33. The molecule has 2 aromatic carbocycles. The van der Waals surface area contributed by atoms with E-state index in [-0.39, 0.29) is 6.10 Å². The molecule has 2 atom stereocenters. The summed E-state index contributed by atoms with van der Waals surface area (Å²) in [6, 6.07) is 20.4. The van der Waals surface area contributed by atoms with E-state index in [2.05, 4.69) is 35.3 Å². The fraction of sp³-hybridized carbons (Fsp3) is 0.217. The number of hydrogen-bond acceptors (Lipinski definition) is 5. The average molecular weight is 373 g/mol. The van der Waals surface area contributed by atoms with Gasteiger partial charge in [0.05, 0.1) is 7.11 Å². The second-order valence-corrected chi connectivity index (χ2v) is 6.88. The molecular formula is C23H23N3O2. The van der Waals surface area contributed by atoms with Gasteiger partial charge < -0.3 is 15.2 Å². The maximum atomic E-state index is 6.24. The van der Waals surface area contributed by atoms with Crippen molar-refractivity contribution in [1.29, 1.82) is 0 Å². The molecule has 5 nitrogen and oxygen atoms in total. The molecule has 1 aliphatic rings. The van der Waals surface area contributed by atoms with Crippen LogP contribution in [0.25, 0.3) is 11.1 Å². The van der Waals surface area contributed by atoms with Gasteiger partial charge >= 0.3 is 0 Å². The normalized spacial score (nSPS) is 21.4. The third kappa shape index (κ3) is 3.14. The van der Waals surface area contributed by atoms with E-state index in [9.17, 15) is 0 Å². The number of benzene rings is 2. The molecule has 0 radical (unpaired) electrons. The summed E-state index contributed by atoms with van der Waals surface area (Å²) in [5.74, 6) is 1.33. The summed E-state index contributed by atoms with van der Waals surface area (Å²) >= 11 is 0. The maximum absolute atomic E-state index is 6.24. The Labute approximate surface area is 164 Å². The van der Waals surface area contributed by atoms with Crippen molar-refractivity contribution in [1.82, 2.24) is 4.98 Å². The first-order valence-corrected chi connectivity index (χ1v) is 9.20. The molecule has 0 bridgehead atoms. The van der Waals surface area contributed by atoms with Gasteiger partial charge in [-0.3, -0.25) is 9.98 Å². The van der Waals surface area contributed by atoms with Crippen LogP contribution >= 0.6 is 0 Å². The molecule has 142 valence electrons. The minimum Gasteiger partial charge on any atom is -0.497 e. The van der Waals surface area contributed by atoms with Crippen LogP contribution in [-0.4, -0.2) is 31.1 Å². The number of nitrogens with zero attached hydrogens (tertiary/aromatic N) is 2. The standard InChI is InChI=1S/C23H23N3O2/c1-27-20-10-8-18(9-11-20)23(14-21(28-2)22(24)26-23)19-7-3-5-16(13-19)17-6-4-12-25-15-17/h3-13,15,21H,14H2,1-2H3,(H2,24,26)/t21-,23+/m0/s1. The molecular weight excluding hydrogens is 350 g/mol. The monoisotopic (exact) mass is 373 g/mol. The van der Waals surface area contributed by atoms with Crippen molar-refractivity contribution < 1.29 is 9.47 Å². The van der Waals surface area contributed by atoms with E-state index in [4.69, 9.17) is 20.2 Å². The van der Waals surface area contributed by atoms with Gasteiger partial charge in [0.15, 0.2) is 0 Å². The minimum absolute atomic E-state index is 0.218. The Morgan fingerprint density at radius 2 is 1.75 bits per heavy atom. The van der Waals surface area contributed by atoms with Crippen molar-refractivity contribution in [3.8, 4) is 16.9 Å². The van der Waals surface area contributed by atoms with Crippen LogP contribution < -0.4 is 10.5 Å². The molecule has 1 aromatic heterocycles. The maximum Gasteiger partial charge on any atom is 0.125 e. The highest BCUT2D eigenvalue weighted by Gasteiger charge is 2.43. The molecule has 0 aliphatic carbocycles. The van der Waals surface area contributed by atoms with Crippen molar-refractivity contribution in [2.75, 3.05) is 14.2 Å². The lowest BCUT2D eigenvalue weighted by Gasteiger charge is -2.28. The van der Waals surface area contributed by atoms with Crippen LogP contribution in [0.15, 0.2) is 78.0 Å². The lowest BCUT2D eigenvalue weighted by Crippen LogP contribution is -2.28. The Balaban J connectivity index is 1.85. The molecule has 0 saturated heterocycles. The quantitative estimate of drug-likeness (QED) is 0.739. The lowest BCUT2D eigenvalue weighted by molar-refractivity contribution is 0.142. The number of methoxy groups -OCH3 is 2. The van der Waals surface area contributed by atoms with Gasteiger partial charge in [-0.2, -0.15) is 0 Å². The molecule has 4 rings (SSSR count). The van der Waals surface area contributed by atoms with Gasteiger partial charge in [-0.25, -0.2) is 0 Å². The SMILES string of the molecule is COc1ccc([C@@]2(c3cccc(-c4cccnc4)c3)C[C@H](OC)C(N)=N2)cc1. The molecule has 0 spiro atoms. The molecule has 28 heavy (non-hydrogen) atoms. The second kappa shape index (κ2) is 7.44. The van der Waals surface area contributed by atoms with Gasteiger partial charge in [0.25, 0.3) is 0 Å². The summed E-state index contributed by atoms with van der Waals surface area (Å²) < 4.78 is 10.9. The Bertz CT molecular complexity index is 986. The number of amidine groups is 1. The third-order valence-corrected chi connectivity index (χ3v) is 5.32. The van der Waals surface area contributed by atoms with Crippen LogP contribution in [0.3, 0.4) is 0 Å². The van der Waals surface area contributed by atoms with Gasteiger partial charge in [-0.05, 0) is 46.5 Å². The first-order chi connectivity index (χ1) is 13.7. The van der Waals surface area contributed by atoms with Crippen LogP contribution in [0.5, 0.6) is 5.75 Å². The summed E-state index contributed by atoms with van der Waals surface area (Å²) in [6.45, 7) is 0. The molecule has 3 aromatic rings. The first kappa shape index (κ1) is 18.2. The number of nitrogens with two attached hydrogens (primary N) is 1. The van der Waals surface area contributed by atoms with E-state index in [1.54, 1.807) is 20.4 Å². The zero-order valence-corrected chi connectivity index (χ0v) is 16.0. The lowest BCUT2D eigenvalue weighted by atomic mass is 9.80. The zero-order valence-electron chi connectivity index (χ0n) is 16.0. The molecule has 0 saturated carbocycles. The van der Waals surface area contributed by atoms with Crippen molar-refractivity contribution >= 4 is 5.84 Å². The predicted octanol–water partition coefficient (Wildman–Crippen LogP) is 3.78. The zero-order chi connectivity index (χ0) is 19.6. The van der Waals surface area contributed by atoms with E-state index >= 15 is 0 Å². The highest BCUT2D eigenvalue weighted by Crippen LogP contribution is 2.44. The molecule has 0 unspecified atom stereocenters. The highest BCUT2D eigenvalue weighted by molar-refractivity contribution is 5.88. The van der Waals surface area contributed by atoms with Crippen molar-refractivity contribution in [2.45, 2.75) is 18.1 Å². The Hall–Kier alpha value is -3.18. The molecule has 2 heterocycles. The highest BCUT2D eigenvalue weighted by atomic mass is 16.5. The first-order valence-electron chi connectivity index (χ1n) is 9.20. The van der Waals surface area contributed by atoms with Crippen LogP contribution in [0.1, 0.15) is 17.5 Å². The topological polar surface area (TPSA) is 69.7 Å². The largest absolute Gasteiger partial charge is 0.497 e. The van der Waals surface area contributed by atoms with E-state index in [0.717, 1.165) is 28.0 Å². The summed E-state index contributed by atoms with van der Waals surface area (Å²) in [5, 5.41) is 0. The number of aromatic nitrogens is 1. The molecule has 1 aliphatic heterocycles. The molecule has 0 amide bonds. The fourth-order valence-corrected chi connectivity index (χ4v) is 3.80. The predicted molar refractivity (Wildman–Crippen MR) is 110 cm³/mol. The van der Waals surface area contributed by atoms with Gasteiger partial charge in [0, 0.05) is 25.9 Å². The van der Waals surface area contributed by atoms with Gasteiger partial charge in [0.2, 0.25) is 0 Å². The number of rotatable bonds is 5. The Morgan fingerprint density at radius 1 is 0.964 bits per heavy atom. The number of aliphatic imine (C=N–C) groups is 1. The van der Waals surface area contributed by atoms with Crippen molar-refractivity contribution in [3.63, 3.8) is 0 Å².